The lowest BCUT2D eigenvalue weighted by Crippen LogP contribution is -2.14. The largest absolute Gasteiger partial charge is 0.306 e. The van der Waals surface area contributed by atoms with Gasteiger partial charge in [-0.2, -0.15) is 5.10 Å². The molecule has 0 unspecified atom stereocenters. The molecule has 0 aromatic carbocycles. The van der Waals surface area contributed by atoms with Crippen LogP contribution < -0.4 is 5.32 Å². The molecule has 0 aliphatic heterocycles. The number of carbonyl (C=O) groups excluding carboxylic acids is 1. The van der Waals surface area contributed by atoms with Crippen LogP contribution in [0.1, 0.15) is 16.1 Å². The molecule has 0 fully saturated rings. The molecule has 0 aliphatic rings. The van der Waals surface area contributed by atoms with Crippen molar-refractivity contribution < 1.29 is 4.79 Å². The predicted octanol–water partition coefficient (Wildman–Crippen LogP) is 2.08. The highest BCUT2D eigenvalue weighted by Gasteiger charge is 2.14. The smallest absolute Gasteiger partial charge is 0.260 e. The molecule has 18 heavy (non-hydrogen) atoms. The Morgan fingerprint density at radius 2 is 2.11 bits per heavy atom. The van der Waals surface area contributed by atoms with Crippen molar-refractivity contribution in [2.24, 2.45) is 7.05 Å². The topological polar surface area (TPSA) is 72.7 Å². The van der Waals surface area contributed by atoms with E-state index in [9.17, 15) is 4.79 Å². The lowest BCUT2D eigenvalue weighted by Gasteiger charge is -2.04. The molecule has 8 heteroatoms. The van der Waals surface area contributed by atoms with Crippen LogP contribution in [0.5, 0.6) is 0 Å². The van der Waals surface area contributed by atoms with Crippen molar-refractivity contribution in [3.05, 3.63) is 34.0 Å². The number of aryl methyl sites for hydroxylation is 1. The number of halogens is 2. The molecule has 2 aromatic heterocycles. The van der Waals surface area contributed by atoms with Crippen molar-refractivity contribution in [2.75, 3.05) is 5.32 Å². The molecule has 94 valence electrons. The number of hydrogen-bond acceptors (Lipinski definition) is 4. The zero-order chi connectivity index (χ0) is 13.3. The summed E-state index contributed by atoms with van der Waals surface area (Å²) in [5.74, 6) is -0.0836. The second-order valence-electron chi connectivity index (χ2n) is 3.57. The van der Waals surface area contributed by atoms with Crippen LogP contribution in [0.4, 0.5) is 5.82 Å². The molecule has 0 saturated heterocycles. The van der Waals surface area contributed by atoms with Gasteiger partial charge < -0.3 is 5.32 Å². The minimum atomic E-state index is -0.327. The van der Waals surface area contributed by atoms with E-state index in [2.05, 4.69) is 20.4 Å². The predicted molar refractivity (Wildman–Crippen MR) is 68.0 cm³/mol. The molecule has 0 aliphatic carbocycles. The third-order valence-electron chi connectivity index (χ3n) is 2.39. The van der Waals surface area contributed by atoms with Crippen LogP contribution in [0.3, 0.4) is 0 Å². The van der Waals surface area contributed by atoms with Crippen molar-refractivity contribution in [3.8, 4) is 0 Å². The van der Waals surface area contributed by atoms with Crippen LogP contribution in [0.15, 0.2) is 12.3 Å². The Bertz CT molecular complexity index is 590. The standard InChI is InChI=1S/C10H9Cl2N5O/c1-5-6(4-13-17(5)2)9(18)15-8-3-7(11)14-10(12)16-8/h3-4H,1-2H3,(H,14,15,16,18). The lowest BCUT2D eigenvalue weighted by atomic mass is 10.2. The molecular weight excluding hydrogens is 277 g/mol. The zero-order valence-corrected chi connectivity index (χ0v) is 11.1. The maximum Gasteiger partial charge on any atom is 0.260 e. The van der Waals surface area contributed by atoms with Crippen LogP contribution in [0, 0.1) is 6.92 Å². The Balaban J connectivity index is 2.24. The van der Waals surface area contributed by atoms with E-state index >= 15 is 0 Å². The SMILES string of the molecule is Cc1c(C(=O)Nc2cc(Cl)nc(Cl)n2)cnn1C. The summed E-state index contributed by atoms with van der Waals surface area (Å²) in [6.07, 6.45) is 1.48. The number of nitrogens with zero attached hydrogens (tertiary/aromatic N) is 4. The fourth-order valence-corrected chi connectivity index (χ4v) is 1.77. The molecule has 2 heterocycles. The van der Waals surface area contributed by atoms with Gasteiger partial charge >= 0.3 is 0 Å². The van der Waals surface area contributed by atoms with E-state index in [-0.39, 0.29) is 22.2 Å². The molecule has 0 bridgehead atoms. The average molecular weight is 286 g/mol. The van der Waals surface area contributed by atoms with Gasteiger partial charge in [-0.25, -0.2) is 9.97 Å². The third-order valence-corrected chi connectivity index (χ3v) is 2.75. The van der Waals surface area contributed by atoms with Crippen molar-refractivity contribution >= 4 is 34.9 Å². The summed E-state index contributed by atoms with van der Waals surface area (Å²) in [5.41, 5.74) is 1.21. The highest BCUT2D eigenvalue weighted by atomic mass is 35.5. The average Bonchev–Trinajstić information content (AvgIpc) is 2.58. The van der Waals surface area contributed by atoms with E-state index in [0.717, 1.165) is 5.69 Å². The lowest BCUT2D eigenvalue weighted by molar-refractivity contribution is 0.102. The molecule has 1 amide bonds. The fourth-order valence-electron chi connectivity index (χ4n) is 1.36. The Hall–Kier alpha value is -1.66. The van der Waals surface area contributed by atoms with E-state index in [1.807, 2.05) is 0 Å². The normalized spacial score (nSPS) is 10.4. The molecule has 0 radical (unpaired) electrons. The first-order valence-corrected chi connectivity index (χ1v) is 5.73. The van der Waals surface area contributed by atoms with Gasteiger partial charge in [0, 0.05) is 18.8 Å². The van der Waals surface area contributed by atoms with Crippen molar-refractivity contribution in [1.82, 2.24) is 19.7 Å². The Morgan fingerprint density at radius 1 is 1.39 bits per heavy atom. The van der Waals surface area contributed by atoms with E-state index in [1.165, 1.54) is 12.3 Å². The number of carbonyl (C=O) groups is 1. The maximum atomic E-state index is 12.0. The number of amides is 1. The minimum Gasteiger partial charge on any atom is -0.306 e. The number of nitrogens with one attached hydrogen (secondary N) is 1. The van der Waals surface area contributed by atoms with Crippen LogP contribution in [0.2, 0.25) is 10.4 Å². The second kappa shape index (κ2) is 4.91. The van der Waals surface area contributed by atoms with Crippen molar-refractivity contribution in [1.29, 1.82) is 0 Å². The first-order chi connectivity index (χ1) is 8.47. The van der Waals surface area contributed by atoms with Gasteiger partial charge in [0.2, 0.25) is 5.28 Å². The van der Waals surface area contributed by atoms with E-state index in [4.69, 9.17) is 23.2 Å². The first kappa shape index (κ1) is 12.8. The summed E-state index contributed by atoms with van der Waals surface area (Å²) in [6, 6.07) is 1.41. The summed E-state index contributed by atoms with van der Waals surface area (Å²) >= 11 is 11.4. The summed E-state index contributed by atoms with van der Waals surface area (Å²) in [4.78, 5) is 19.5. The van der Waals surface area contributed by atoms with Crippen LogP contribution in [-0.2, 0) is 7.05 Å². The van der Waals surface area contributed by atoms with Crippen molar-refractivity contribution in [2.45, 2.75) is 6.92 Å². The molecule has 6 nitrogen and oxygen atoms in total. The van der Waals surface area contributed by atoms with Gasteiger partial charge in [-0.1, -0.05) is 11.6 Å². The third kappa shape index (κ3) is 2.60. The monoisotopic (exact) mass is 285 g/mol. The van der Waals surface area contributed by atoms with E-state index in [1.54, 1.807) is 18.7 Å². The number of aromatic nitrogens is 4. The van der Waals surface area contributed by atoms with Crippen molar-refractivity contribution in [3.63, 3.8) is 0 Å². The summed E-state index contributed by atoms with van der Waals surface area (Å²) in [6.45, 7) is 1.79. The Kier molecular flexibility index (Phi) is 3.49. The summed E-state index contributed by atoms with van der Waals surface area (Å²) in [7, 11) is 1.75. The summed E-state index contributed by atoms with van der Waals surface area (Å²) < 4.78 is 1.61. The van der Waals surface area contributed by atoms with Gasteiger partial charge in [0.1, 0.15) is 11.0 Å². The molecule has 0 saturated carbocycles. The number of hydrogen-bond donors (Lipinski definition) is 1. The van der Waals surface area contributed by atoms with Crippen LogP contribution in [0.25, 0.3) is 0 Å². The highest BCUT2D eigenvalue weighted by Crippen LogP contribution is 2.16. The van der Waals surface area contributed by atoms with Gasteiger partial charge in [0.25, 0.3) is 5.91 Å². The zero-order valence-electron chi connectivity index (χ0n) is 9.61. The number of rotatable bonds is 2. The van der Waals surface area contributed by atoms with Gasteiger partial charge in [-0.05, 0) is 18.5 Å². The molecule has 2 rings (SSSR count). The molecule has 0 spiro atoms. The first-order valence-electron chi connectivity index (χ1n) is 4.97. The molecular formula is C10H9Cl2N5O. The molecule has 0 atom stereocenters. The fraction of sp³-hybridized carbons (Fsp3) is 0.200. The van der Waals surface area contributed by atoms with E-state index < -0.39 is 0 Å². The minimum absolute atomic E-state index is 0.0271. The molecule has 2 aromatic rings. The second-order valence-corrected chi connectivity index (χ2v) is 4.29. The van der Waals surface area contributed by atoms with Gasteiger partial charge in [0.05, 0.1) is 11.8 Å². The Labute approximate surface area is 113 Å². The maximum absolute atomic E-state index is 12.0. The van der Waals surface area contributed by atoms with E-state index in [0.29, 0.717) is 5.56 Å². The van der Waals surface area contributed by atoms with Crippen LogP contribution in [-0.4, -0.2) is 25.7 Å². The number of anilines is 1. The van der Waals surface area contributed by atoms with Gasteiger partial charge in [-0.3, -0.25) is 9.48 Å². The van der Waals surface area contributed by atoms with Gasteiger partial charge in [0.15, 0.2) is 0 Å². The molecule has 1 N–H and O–H groups in total. The van der Waals surface area contributed by atoms with Gasteiger partial charge in [-0.15, -0.1) is 0 Å². The quantitative estimate of drug-likeness (QED) is 0.677. The Morgan fingerprint density at radius 3 is 2.67 bits per heavy atom. The summed E-state index contributed by atoms with van der Waals surface area (Å²) in [5, 5.41) is 6.70. The van der Waals surface area contributed by atoms with Crippen LogP contribution >= 0.6 is 23.2 Å². The highest BCUT2D eigenvalue weighted by molar-refractivity contribution is 6.32.